The summed E-state index contributed by atoms with van der Waals surface area (Å²) in [5.41, 5.74) is -0.883. The number of aromatic nitrogens is 1. The van der Waals surface area contributed by atoms with Crippen molar-refractivity contribution in [3.05, 3.63) is 27.9 Å². The molecule has 1 aromatic rings. The number of hydrogen-bond donors (Lipinski definition) is 2. The first-order chi connectivity index (χ1) is 9.72. The van der Waals surface area contributed by atoms with E-state index in [0.717, 1.165) is 12.7 Å². The molecule has 1 unspecified atom stereocenters. The highest BCUT2D eigenvalue weighted by molar-refractivity contribution is 5.93. The Morgan fingerprint density at radius 3 is 2.57 bits per heavy atom. The lowest BCUT2D eigenvalue weighted by molar-refractivity contribution is -0.385. The Labute approximate surface area is 122 Å². The zero-order valence-electron chi connectivity index (χ0n) is 12.5. The predicted octanol–water partition coefficient (Wildman–Crippen LogP) is 1.69. The van der Waals surface area contributed by atoms with Crippen LogP contribution in [0.2, 0.25) is 0 Å². The van der Waals surface area contributed by atoms with Crippen LogP contribution in [0.3, 0.4) is 0 Å². The molecule has 8 heteroatoms. The summed E-state index contributed by atoms with van der Waals surface area (Å²) >= 11 is 0. The van der Waals surface area contributed by atoms with Gasteiger partial charge in [0.25, 0.3) is 0 Å². The van der Waals surface area contributed by atoms with E-state index in [9.17, 15) is 14.9 Å². The van der Waals surface area contributed by atoms with E-state index < -0.39 is 16.6 Å². The van der Waals surface area contributed by atoms with E-state index in [1.54, 1.807) is 0 Å². The molecule has 0 saturated carbocycles. The number of likely N-dealkylation sites (N-methyl/N-ethyl adjacent to an activating group) is 1. The molecule has 0 aliphatic carbocycles. The summed E-state index contributed by atoms with van der Waals surface area (Å²) in [7, 11) is 3.87. The van der Waals surface area contributed by atoms with Gasteiger partial charge in [-0.15, -0.1) is 0 Å². The third-order valence-electron chi connectivity index (χ3n) is 3.01. The summed E-state index contributed by atoms with van der Waals surface area (Å²) in [4.78, 5) is 27.1. The molecule has 0 bridgehead atoms. The fraction of sp³-hybridized carbons (Fsp3) is 0.538. The van der Waals surface area contributed by atoms with Crippen molar-refractivity contribution in [2.24, 2.45) is 5.92 Å². The van der Waals surface area contributed by atoms with Crippen molar-refractivity contribution in [1.82, 2.24) is 9.88 Å². The van der Waals surface area contributed by atoms with Crippen LogP contribution < -0.4 is 5.32 Å². The number of nitrogens with zero attached hydrogens (tertiary/aromatic N) is 3. The van der Waals surface area contributed by atoms with Gasteiger partial charge in [0.05, 0.1) is 4.92 Å². The molecular formula is C13H20N4O4. The molecule has 0 saturated heterocycles. The van der Waals surface area contributed by atoms with Crippen LogP contribution in [0.1, 0.15) is 24.2 Å². The van der Waals surface area contributed by atoms with Crippen LogP contribution in [-0.2, 0) is 0 Å². The van der Waals surface area contributed by atoms with Crippen LogP contribution in [0.4, 0.5) is 11.5 Å². The van der Waals surface area contributed by atoms with Gasteiger partial charge in [-0.2, -0.15) is 0 Å². The average Bonchev–Trinajstić information content (AvgIpc) is 2.36. The smallest absolute Gasteiger partial charge is 0.342 e. The van der Waals surface area contributed by atoms with Crippen molar-refractivity contribution in [2.45, 2.75) is 19.9 Å². The number of nitro groups is 1. The van der Waals surface area contributed by atoms with E-state index in [2.05, 4.69) is 10.3 Å². The minimum Gasteiger partial charge on any atom is -0.477 e. The number of carbonyl (C=O) groups is 1. The highest BCUT2D eigenvalue weighted by Crippen LogP contribution is 2.21. The lowest BCUT2D eigenvalue weighted by atomic mass is 10.0. The van der Waals surface area contributed by atoms with Crippen molar-refractivity contribution in [2.75, 3.05) is 26.0 Å². The van der Waals surface area contributed by atoms with Gasteiger partial charge >= 0.3 is 11.7 Å². The first kappa shape index (κ1) is 16.8. The summed E-state index contributed by atoms with van der Waals surface area (Å²) in [5, 5.41) is 23.0. The molecule has 116 valence electrons. The second-order valence-corrected chi connectivity index (χ2v) is 5.41. The fourth-order valence-corrected chi connectivity index (χ4v) is 1.85. The summed E-state index contributed by atoms with van der Waals surface area (Å²) in [6, 6.07) is 1.25. The maximum Gasteiger partial charge on any atom is 0.342 e. The van der Waals surface area contributed by atoms with Crippen LogP contribution in [0.15, 0.2) is 12.3 Å². The minimum atomic E-state index is -1.35. The third kappa shape index (κ3) is 4.67. The van der Waals surface area contributed by atoms with Crippen molar-refractivity contribution in [3.8, 4) is 0 Å². The van der Waals surface area contributed by atoms with Crippen LogP contribution in [0.25, 0.3) is 0 Å². The molecule has 0 aliphatic rings. The number of nitrogens with one attached hydrogen (secondary N) is 1. The second-order valence-electron chi connectivity index (χ2n) is 5.41. The van der Waals surface area contributed by atoms with Crippen LogP contribution >= 0.6 is 0 Å². The fourth-order valence-electron chi connectivity index (χ4n) is 1.85. The Balaban J connectivity index is 3.05. The van der Waals surface area contributed by atoms with E-state index in [0.29, 0.717) is 5.82 Å². The molecule has 1 atom stereocenters. The molecule has 0 radical (unpaired) electrons. The Bertz CT molecular complexity index is 531. The molecule has 21 heavy (non-hydrogen) atoms. The summed E-state index contributed by atoms with van der Waals surface area (Å²) in [5.74, 6) is -0.739. The van der Waals surface area contributed by atoms with Gasteiger partial charge in [-0.25, -0.2) is 9.78 Å². The Kier molecular flexibility index (Phi) is 5.60. The van der Waals surface area contributed by atoms with Gasteiger partial charge in [0.2, 0.25) is 0 Å². The van der Waals surface area contributed by atoms with Crippen LogP contribution in [0.5, 0.6) is 0 Å². The van der Waals surface area contributed by atoms with E-state index in [1.165, 1.54) is 6.07 Å². The van der Waals surface area contributed by atoms with Crippen LogP contribution in [-0.4, -0.2) is 52.6 Å². The Morgan fingerprint density at radius 2 is 2.14 bits per heavy atom. The average molecular weight is 296 g/mol. The Hall–Kier alpha value is -2.22. The largest absolute Gasteiger partial charge is 0.477 e. The highest BCUT2D eigenvalue weighted by atomic mass is 16.6. The molecule has 0 aliphatic heterocycles. The van der Waals surface area contributed by atoms with Crippen molar-refractivity contribution < 1.29 is 14.8 Å². The first-order valence-electron chi connectivity index (χ1n) is 6.51. The number of carboxylic acids is 1. The molecule has 1 heterocycles. The highest BCUT2D eigenvalue weighted by Gasteiger charge is 2.22. The molecule has 1 aromatic heterocycles. The van der Waals surface area contributed by atoms with E-state index in [1.807, 2.05) is 32.8 Å². The molecule has 1 rings (SSSR count). The number of anilines is 1. The minimum absolute atomic E-state index is 0.0515. The van der Waals surface area contributed by atoms with Crippen molar-refractivity contribution >= 4 is 17.5 Å². The Morgan fingerprint density at radius 1 is 1.52 bits per heavy atom. The van der Waals surface area contributed by atoms with Gasteiger partial charge in [-0.1, -0.05) is 13.8 Å². The van der Waals surface area contributed by atoms with Gasteiger partial charge in [-0.05, 0) is 20.0 Å². The van der Waals surface area contributed by atoms with E-state index in [-0.39, 0.29) is 17.5 Å². The maximum atomic E-state index is 11.1. The molecule has 2 N–H and O–H groups in total. The first-order valence-corrected chi connectivity index (χ1v) is 6.51. The number of pyridine rings is 1. The van der Waals surface area contributed by atoms with Crippen LogP contribution in [0, 0.1) is 16.0 Å². The van der Waals surface area contributed by atoms with E-state index in [4.69, 9.17) is 5.11 Å². The number of rotatable bonds is 7. The molecule has 0 fully saturated rings. The monoisotopic (exact) mass is 296 g/mol. The van der Waals surface area contributed by atoms with E-state index >= 15 is 0 Å². The van der Waals surface area contributed by atoms with Gasteiger partial charge in [0.1, 0.15) is 17.6 Å². The number of hydrogen-bond acceptors (Lipinski definition) is 6. The quantitative estimate of drug-likeness (QED) is 0.582. The second kappa shape index (κ2) is 6.98. The molecule has 0 aromatic carbocycles. The SMILES string of the molecule is CC(C)C(CN(C)C)Nc1cc(C(=O)O)c([N+](=O)[O-])cn1. The zero-order chi connectivity index (χ0) is 16.2. The summed E-state index contributed by atoms with van der Waals surface area (Å²) in [6.45, 7) is 4.80. The van der Waals surface area contributed by atoms with Gasteiger partial charge in [0.15, 0.2) is 0 Å². The zero-order valence-corrected chi connectivity index (χ0v) is 12.5. The predicted molar refractivity (Wildman–Crippen MR) is 78.7 cm³/mol. The number of aromatic carboxylic acids is 1. The normalized spacial score (nSPS) is 12.5. The standard InChI is InChI=1S/C13H20N4O4/c1-8(2)10(7-16(3)4)15-12-5-9(13(18)19)11(6-14-12)17(20)21/h5-6,8,10H,7H2,1-4H3,(H,14,15)(H,18,19). The molecule has 8 nitrogen and oxygen atoms in total. The molecular weight excluding hydrogens is 276 g/mol. The number of carboxylic acid groups (broad SMARTS) is 1. The lowest BCUT2D eigenvalue weighted by Gasteiger charge is -2.26. The molecule has 0 spiro atoms. The topological polar surface area (TPSA) is 109 Å². The van der Waals surface area contributed by atoms with Gasteiger partial charge in [-0.3, -0.25) is 10.1 Å². The van der Waals surface area contributed by atoms with Gasteiger partial charge < -0.3 is 15.3 Å². The lowest BCUT2D eigenvalue weighted by Crippen LogP contribution is -2.36. The maximum absolute atomic E-state index is 11.1. The molecule has 0 amide bonds. The summed E-state index contributed by atoms with van der Waals surface area (Å²) < 4.78 is 0. The van der Waals surface area contributed by atoms with Crippen molar-refractivity contribution in [3.63, 3.8) is 0 Å². The third-order valence-corrected chi connectivity index (χ3v) is 3.01. The van der Waals surface area contributed by atoms with Gasteiger partial charge in [0, 0.05) is 18.7 Å². The van der Waals surface area contributed by atoms with Crippen molar-refractivity contribution in [1.29, 1.82) is 0 Å². The summed E-state index contributed by atoms with van der Waals surface area (Å²) in [6.07, 6.45) is 0.971.